The van der Waals surface area contributed by atoms with Gasteiger partial charge in [-0.15, -0.1) is 0 Å². The lowest BCUT2D eigenvalue weighted by Crippen LogP contribution is -2.45. The van der Waals surface area contributed by atoms with Gasteiger partial charge in [-0.2, -0.15) is 9.97 Å². The molecule has 7 nitrogen and oxygen atoms in total. The van der Waals surface area contributed by atoms with Gasteiger partial charge in [-0.3, -0.25) is 0 Å². The minimum Gasteiger partial charge on any atom is -0.396 e. The number of hydrogen-bond donors (Lipinski definition) is 3. The molecule has 0 saturated carbocycles. The van der Waals surface area contributed by atoms with Crippen molar-refractivity contribution in [3.8, 4) is 0 Å². The van der Waals surface area contributed by atoms with Crippen LogP contribution in [0.4, 0.5) is 17.6 Å². The number of β-amino-alcohol motifs (C(OH)–C–C–N with tert-alkyl or cyclic N) is 1. The standard InChI is InChI=1S/C14H23N5O2/c15-12-7-13(17-14(16-12)18-4-1-2-5-18)19-6-3-10(9-20)11(21)8-19/h7,10-11,20-21H,1-6,8-9H2,(H2,15,16,17)/t10-,11-/m1/s1. The summed E-state index contributed by atoms with van der Waals surface area (Å²) in [6.45, 7) is 3.20. The molecule has 3 rings (SSSR count). The highest BCUT2D eigenvalue weighted by molar-refractivity contribution is 5.53. The third-order valence-electron chi connectivity index (χ3n) is 4.39. The molecule has 1 aromatic heterocycles. The zero-order chi connectivity index (χ0) is 14.8. The van der Waals surface area contributed by atoms with Crippen LogP contribution in [0.2, 0.25) is 0 Å². The lowest BCUT2D eigenvalue weighted by atomic mass is 9.95. The molecular weight excluding hydrogens is 270 g/mol. The molecule has 2 fully saturated rings. The summed E-state index contributed by atoms with van der Waals surface area (Å²) in [5.41, 5.74) is 5.91. The Balaban J connectivity index is 1.78. The van der Waals surface area contributed by atoms with Crippen molar-refractivity contribution in [3.63, 3.8) is 0 Å². The molecule has 0 aliphatic carbocycles. The lowest BCUT2D eigenvalue weighted by molar-refractivity contribution is 0.0546. The summed E-state index contributed by atoms with van der Waals surface area (Å²) in [6, 6.07) is 1.76. The fourth-order valence-corrected chi connectivity index (χ4v) is 3.06. The molecule has 0 unspecified atom stereocenters. The first-order valence-electron chi connectivity index (χ1n) is 7.61. The van der Waals surface area contributed by atoms with Crippen LogP contribution in [-0.4, -0.2) is 59.1 Å². The molecule has 3 heterocycles. The van der Waals surface area contributed by atoms with Gasteiger partial charge in [-0.05, 0) is 19.3 Å². The molecule has 116 valence electrons. The van der Waals surface area contributed by atoms with Gasteiger partial charge < -0.3 is 25.7 Å². The molecule has 0 aromatic carbocycles. The molecule has 0 bridgehead atoms. The van der Waals surface area contributed by atoms with Gasteiger partial charge >= 0.3 is 0 Å². The molecule has 7 heteroatoms. The molecule has 2 atom stereocenters. The monoisotopic (exact) mass is 293 g/mol. The summed E-state index contributed by atoms with van der Waals surface area (Å²) in [5, 5.41) is 19.3. The van der Waals surface area contributed by atoms with Crippen molar-refractivity contribution in [3.05, 3.63) is 6.07 Å². The van der Waals surface area contributed by atoms with Gasteiger partial charge in [0.2, 0.25) is 5.95 Å². The van der Waals surface area contributed by atoms with Crippen LogP contribution in [0, 0.1) is 5.92 Å². The van der Waals surface area contributed by atoms with Crippen LogP contribution < -0.4 is 15.5 Å². The minimum absolute atomic E-state index is 0.0277. The van der Waals surface area contributed by atoms with E-state index in [1.165, 1.54) is 0 Å². The number of nitrogens with two attached hydrogens (primary N) is 1. The van der Waals surface area contributed by atoms with E-state index in [9.17, 15) is 10.2 Å². The van der Waals surface area contributed by atoms with E-state index in [4.69, 9.17) is 5.73 Å². The first kappa shape index (κ1) is 14.3. The molecule has 2 aliphatic heterocycles. The zero-order valence-electron chi connectivity index (χ0n) is 12.1. The summed E-state index contributed by atoms with van der Waals surface area (Å²) in [4.78, 5) is 13.1. The van der Waals surface area contributed by atoms with Crippen molar-refractivity contribution in [2.24, 2.45) is 5.92 Å². The maximum Gasteiger partial charge on any atom is 0.229 e. The highest BCUT2D eigenvalue weighted by atomic mass is 16.3. The quantitative estimate of drug-likeness (QED) is 0.712. The fourth-order valence-electron chi connectivity index (χ4n) is 3.06. The maximum absolute atomic E-state index is 10.1. The summed E-state index contributed by atoms with van der Waals surface area (Å²) in [6.07, 6.45) is 2.54. The van der Waals surface area contributed by atoms with E-state index in [2.05, 4.69) is 14.9 Å². The van der Waals surface area contributed by atoms with Crippen LogP contribution in [0.15, 0.2) is 6.07 Å². The van der Waals surface area contributed by atoms with Crippen LogP contribution in [0.3, 0.4) is 0 Å². The molecule has 2 aliphatic rings. The van der Waals surface area contributed by atoms with E-state index < -0.39 is 6.10 Å². The first-order chi connectivity index (χ1) is 10.2. The zero-order valence-corrected chi connectivity index (χ0v) is 12.1. The average Bonchev–Trinajstić information content (AvgIpc) is 3.01. The predicted molar refractivity (Wildman–Crippen MR) is 81.3 cm³/mol. The van der Waals surface area contributed by atoms with Crippen molar-refractivity contribution in [1.29, 1.82) is 0 Å². The Hall–Kier alpha value is -1.60. The van der Waals surface area contributed by atoms with Crippen molar-refractivity contribution >= 4 is 17.6 Å². The summed E-state index contributed by atoms with van der Waals surface area (Å²) >= 11 is 0. The van der Waals surface area contributed by atoms with E-state index in [0.29, 0.717) is 18.3 Å². The van der Waals surface area contributed by atoms with Gasteiger partial charge in [0.1, 0.15) is 11.6 Å². The molecule has 0 amide bonds. The number of nitrogen functional groups attached to an aromatic ring is 1. The summed E-state index contributed by atoms with van der Waals surface area (Å²) in [7, 11) is 0. The van der Waals surface area contributed by atoms with Gasteiger partial charge in [0.25, 0.3) is 0 Å². The van der Waals surface area contributed by atoms with Gasteiger partial charge in [-0.25, -0.2) is 0 Å². The number of aliphatic hydroxyl groups excluding tert-OH is 2. The van der Waals surface area contributed by atoms with E-state index >= 15 is 0 Å². The van der Waals surface area contributed by atoms with Crippen LogP contribution in [-0.2, 0) is 0 Å². The fraction of sp³-hybridized carbons (Fsp3) is 0.714. The number of hydrogen-bond acceptors (Lipinski definition) is 7. The van der Waals surface area contributed by atoms with E-state index in [-0.39, 0.29) is 12.5 Å². The van der Waals surface area contributed by atoms with Crippen LogP contribution in [0.5, 0.6) is 0 Å². The molecule has 21 heavy (non-hydrogen) atoms. The second-order valence-corrected chi connectivity index (χ2v) is 5.89. The largest absolute Gasteiger partial charge is 0.396 e. The number of piperidine rings is 1. The molecule has 4 N–H and O–H groups in total. The second kappa shape index (κ2) is 6.03. The Morgan fingerprint density at radius 3 is 2.62 bits per heavy atom. The number of nitrogens with zero attached hydrogens (tertiary/aromatic N) is 4. The summed E-state index contributed by atoms with van der Waals surface area (Å²) < 4.78 is 0. The molecule has 0 radical (unpaired) electrons. The maximum atomic E-state index is 10.1. The highest BCUT2D eigenvalue weighted by Crippen LogP contribution is 2.26. The topological polar surface area (TPSA) is 98.7 Å². The number of rotatable bonds is 3. The Bertz CT molecular complexity index is 492. The van der Waals surface area contributed by atoms with Gasteiger partial charge in [0.15, 0.2) is 0 Å². The first-order valence-corrected chi connectivity index (χ1v) is 7.61. The third kappa shape index (κ3) is 3.03. The van der Waals surface area contributed by atoms with Crippen LogP contribution in [0.1, 0.15) is 19.3 Å². The lowest BCUT2D eigenvalue weighted by Gasteiger charge is -2.36. The Morgan fingerprint density at radius 1 is 1.19 bits per heavy atom. The highest BCUT2D eigenvalue weighted by Gasteiger charge is 2.28. The van der Waals surface area contributed by atoms with E-state index in [1.807, 2.05) is 4.90 Å². The van der Waals surface area contributed by atoms with E-state index in [1.54, 1.807) is 6.07 Å². The molecular formula is C14H23N5O2. The molecule has 0 spiro atoms. The number of aliphatic hydroxyl groups is 2. The normalized spacial score (nSPS) is 26.4. The number of aromatic nitrogens is 2. The summed E-state index contributed by atoms with van der Waals surface area (Å²) in [5.74, 6) is 1.86. The van der Waals surface area contributed by atoms with Crippen molar-refractivity contribution < 1.29 is 10.2 Å². The minimum atomic E-state index is -0.532. The van der Waals surface area contributed by atoms with Crippen LogP contribution in [0.25, 0.3) is 0 Å². The van der Waals surface area contributed by atoms with E-state index in [0.717, 1.165) is 44.7 Å². The average molecular weight is 293 g/mol. The predicted octanol–water partition coefficient (Wildman–Crippen LogP) is -0.162. The third-order valence-corrected chi connectivity index (χ3v) is 4.39. The van der Waals surface area contributed by atoms with Crippen molar-refractivity contribution in [2.45, 2.75) is 25.4 Å². The van der Waals surface area contributed by atoms with Crippen LogP contribution >= 0.6 is 0 Å². The Morgan fingerprint density at radius 2 is 1.95 bits per heavy atom. The molecule has 1 aromatic rings. The van der Waals surface area contributed by atoms with Crippen molar-refractivity contribution in [2.75, 3.05) is 48.3 Å². The second-order valence-electron chi connectivity index (χ2n) is 5.89. The molecule has 2 saturated heterocycles. The Labute approximate surface area is 124 Å². The van der Waals surface area contributed by atoms with Gasteiger partial charge in [0.05, 0.1) is 6.10 Å². The van der Waals surface area contributed by atoms with Crippen molar-refractivity contribution in [1.82, 2.24) is 9.97 Å². The van der Waals surface area contributed by atoms with Gasteiger partial charge in [0, 0.05) is 44.8 Å². The number of anilines is 3. The smallest absolute Gasteiger partial charge is 0.229 e. The van der Waals surface area contributed by atoms with Gasteiger partial charge in [-0.1, -0.05) is 0 Å². The Kier molecular flexibility index (Phi) is 4.12. The SMILES string of the molecule is Nc1cc(N2CC[C@H](CO)[C@H](O)C2)nc(N2CCCC2)n1.